The van der Waals surface area contributed by atoms with Crippen molar-refractivity contribution in [1.29, 1.82) is 0 Å². The number of hydrogen-bond donors (Lipinski definition) is 4. The fraction of sp³-hybridized carbons (Fsp3) is 0.154. The summed E-state index contributed by atoms with van der Waals surface area (Å²) < 4.78 is 25.8. The van der Waals surface area contributed by atoms with Crippen molar-refractivity contribution in [2.75, 3.05) is 0 Å². The minimum Gasteiger partial charge on any atom is -1.00 e. The van der Waals surface area contributed by atoms with Crippen molar-refractivity contribution >= 4 is 15.2 Å². The van der Waals surface area contributed by atoms with Crippen molar-refractivity contribution in [3.63, 3.8) is 0 Å². The van der Waals surface area contributed by atoms with E-state index in [4.69, 9.17) is 19.6 Å². The van der Waals surface area contributed by atoms with Gasteiger partial charge in [-0.25, -0.2) is 9.13 Å². The highest BCUT2D eigenvalue weighted by atomic mass is 79.9. The lowest BCUT2D eigenvalue weighted by atomic mass is 10.1. The van der Waals surface area contributed by atoms with Gasteiger partial charge in [0.15, 0.2) is 37.9 Å². The highest BCUT2D eigenvalue weighted by molar-refractivity contribution is 7.51. The zero-order valence-corrected chi connectivity index (χ0v) is 25.3. The first kappa shape index (κ1) is 34.0. The predicted molar refractivity (Wildman–Crippen MR) is 136 cm³/mol. The van der Waals surface area contributed by atoms with Gasteiger partial charge < -0.3 is 53.5 Å². The number of hydrogen-bond acceptors (Lipinski definition) is 2. The second kappa shape index (κ2) is 16.2. The Morgan fingerprint density at radius 2 is 0.737 bits per heavy atom. The molecule has 0 saturated carbocycles. The van der Waals surface area contributed by atoms with Gasteiger partial charge in [-0.15, -0.1) is 0 Å². The highest BCUT2D eigenvalue weighted by Gasteiger charge is 2.14. The molecule has 0 aliphatic rings. The third-order valence-electron chi connectivity index (χ3n) is 5.11. The lowest BCUT2D eigenvalue weighted by Crippen LogP contribution is -3.00. The van der Waals surface area contributed by atoms with Crippen molar-refractivity contribution in [3.8, 4) is 0 Å². The van der Waals surface area contributed by atoms with Gasteiger partial charge in [-0.3, -0.25) is 9.13 Å². The summed E-state index contributed by atoms with van der Waals surface area (Å²) in [6, 6.07) is 26.4. The van der Waals surface area contributed by atoms with Crippen molar-refractivity contribution in [1.82, 2.24) is 0 Å². The summed E-state index contributed by atoms with van der Waals surface area (Å²) in [5.74, 6) is 0. The van der Waals surface area contributed by atoms with Gasteiger partial charge in [0.05, 0.1) is 12.3 Å². The zero-order valence-electron chi connectivity index (χ0n) is 20.4. The summed E-state index contributed by atoms with van der Waals surface area (Å²) >= 11 is 0. The largest absolute Gasteiger partial charge is 1.00 e. The van der Waals surface area contributed by atoms with Gasteiger partial charge in [-0.1, -0.05) is 60.7 Å². The summed E-state index contributed by atoms with van der Waals surface area (Å²) in [6.07, 6.45) is 7.50. The molecule has 0 aliphatic carbocycles. The third-order valence-corrected chi connectivity index (χ3v) is 6.66. The second-order valence-electron chi connectivity index (χ2n) is 8.37. The molecule has 2 aromatic carbocycles. The molecule has 0 saturated heterocycles. The van der Waals surface area contributed by atoms with E-state index < -0.39 is 15.2 Å². The van der Waals surface area contributed by atoms with Crippen LogP contribution in [0.4, 0.5) is 0 Å². The van der Waals surface area contributed by atoms with Gasteiger partial charge in [0.1, 0.15) is 0 Å². The van der Waals surface area contributed by atoms with Crippen LogP contribution in [-0.4, -0.2) is 19.6 Å². The molecular weight excluding hydrogens is 658 g/mol. The van der Waals surface area contributed by atoms with Crippen molar-refractivity contribution < 1.29 is 71.8 Å². The molecule has 8 nitrogen and oxygen atoms in total. The maximum atomic E-state index is 10.9. The average Bonchev–Trinajstić information content (AvgIpc) is 2.82. The van der Waals surface area contributed by atoms with E-state index >= 15 is 0 Å². The van der Waals surface area contributed by atoms with Crippen LogP contribution < -0.4 is 43.1 Å². The molecule has 0 aliphatic heterocycles. The van der Waals surface area contributed by atoms with Crippen LogP contribution in [0.2, 0.25) is 0 Å². The third kappa shape index (κ3) is 13.7. The molecule has 2 heterocycles. The molecule has 4 rings (SSSR count). The summed E-state index contributed by atoms with van der Waals surface area (Å²) in [7, 11) is -7.95. The number of nitrogens with zero attached hydrogens (tertiary/aromatic N) is 2. The number of pyridine rings is 2. The fourth-order valence-electron chi connectivity index (χ4n) is 3.48. The van der Waals surface area contributed by atoms with E-state index in [2.05, 4.69) is 0 Å². The van der Waals surface area contributed by atoms with Gasteiger partial charge in [0, 0.05) is 35.4 Å². The number of benzene rings is 2. The second-order valence-corrected chi connectivity index (χ2v) is 11.7. The molecule has 0 atom stereocenters. The van der Waals surface area contributed by atoms with E-state index in [0.29, 0.717) is 11.1 Å². The maximum absolute atomic E-state index is 10.9. The minimum atomic E-state index is -3.97. The van der Waals surface area contributed by atoms with Gasteiger partial charge in [0.25, 0.3) is 0 Å². The van der Waals surface area contributed by atoms with Crippen LogP contribution >= 0.6 is 15.2 Å². The Labute approximate surface area is 243 Å². The van der Waals surface area contributed by atoms with Crippen molar-refractivity contribution in [2.24, 2.45) is 0 Å². The van der Waals surface area contributed by atoms with E-state index in [1.165, 1.54) is 0 Å². The van der Waals surface area contributed by atoms with Gasteiger partial charge in [0.2, 0.25) is 0 Å². The molecule has 2 aromatic heterocycles. The Kier molecular flexibility index (Phi) is 14.5. The van der Waals surface area contributed by atoms with E-state index in [0.717, 1.165) is 24.2 Å². The smallest absolute Gasteiger partial charge is 0.329 e. The Morgan fingerprint density at radius 3 is 1.00 bits per heavy atom. The molecule has 12 heteroatoms. The van der Waals surface area contributed by atoms with Crippen LogP contribution in [0.3, 0.4) is 0 Å². The average molecular weight is 688 g/mol. The van der Waals surface area contributed by atoms with E-state index in [1.807, 2.05) is 94.6 Å². The first-order valence-corrected chi connectivity index (χ1v) is 14.8. The molecule has 0 spiro atoms. The highest BCUT2D eigenvalue weighted by Crippen LogP contribution is 2.39. The van der Waals surface area contributed by atoms with Crippen LogP contribution in [0, 0.1) is 0 Å². The zero-order chi connectivity index (χ0) is 26.0. The van der Waals surface area contributed by atoms with Crippen LogP contribution in [0.15, 0.2) is 110 Å². The Balaban J connectivity index is 0.000000361. The van der Waals surface area contributed by atoms with Gasteiger partial charge in [-0.05, 0) is 11.1 Å². The molecular formula is C26H30Br2N2O6P2. The SMILES string of the molecule is O=P(O)(O)Cc1ccc(C[n+]2ccccc2)cc1.O=P(O)(O)Cc1ccc(C[n+]2ccccc2)cc1.[Br-].[Br-]. The van der Waals surface area contributed by atoms with E-state index in [1.54, 1.807) is 24.3 Å². The minimum absolute atomic E-state index is 0. The van der Waals surface area contributed by atoms with Crippen LogP contribution in [0.5, 0.6) is 0 Å². The summed E-state index contributed by atoms with van der Waals surface area (Å²) in [5.41, 5.74) is 3.51. The summed E-state index contributed by atoms with van der Waals surface area (Å²) in [4.78, 5) is 35.5. The quantitative estimate of drug-likeness (QED) is 0.119. The molecule has 4 N–H and O–H groups in total. The topological polar surface area (TPSA) is 123 Å². The molecule has 0 amide bonds. The summed E-state index contributed by atoms with van der Waals surface area (Å²) in [5, 5.41) is 0. The molecule has 0 bridgehead atoms. The van der Waals surface area contributed by atoms with Crippen LogP contribution in [0.25, 0.3) is 0 Å². The molecule has 0 radical (unpaired) electrons. The monoisotopic (exact) mass is 686 g/mol. The number of rotatable bonds is 8. The maximum Gasteiger partial charge on any atom is 0.329 e. The molecule has 4 aromatic rings. The Morgan fingerprint density at radius 1 is 0.474 bits per heavy atom. The fourth-order valence-corrected chi connectivity index (χ4v) is 4.85. The predicted octanol–water partition coefficient (Wildman–Crippen LogP) is -2.59. The lowest BCUT2D eigenvalue weighted by Gasteiger charge is -2.04. The first-order valence-electron chi connectivity index (χ1n) is 11.2. The molecule has 38 heavy (non-hydrogen) atoms. The molecule has 204 valence electrons. The van der Waals surface area contributed by atoms with Crippen LogP contribution in [-0.2, 0) is 34.5 Å². The standard InChI is InChI=1S/2C13H14NO3P.2BrH/c2*15-18(16,17)11-13-6-4-12(5-7-13)10-14-8-2-1-3-9-14;;/h2*1-9H,10-11H2,(H-,15,16,17);2*1H. The molecule has 0 unspecified atom stereocenters. The lowest BCUT2D eigenvalue weighted by molar-refractivity contribution is -0.688. The van der Waals surface area contributed by atoms with Gasteiger partial charge in [-0.2, -0.15) is 0 Å². The summed E-state index contributed by atoms with van der Waals surface area (Å²) in [6.45, 7) is 1.49. The number of aromatic nitrogens is 2. The number of halogens is 2. The Bertz CT molecular complexity index is 1210. The van der Waals surface area contributed by atoms with Gasteiger partial charge >= 0.3 is 15.2 Å². The normalized spacial score (nSPS) is 10.8. The van der Waals surface area contributed by atoms with Crippen LogP contribution in [0.1, 0.15) is 22.3 Å². The first-order chi connectivity index (χ1) is 17.1. The van der Waals surface area contributed by atoms with Crippen molar-refractivity contribution in [3.05, 3.63) is 132 Å². The Hall–Kier alpha value is -2.00. The molecule has 0 fully saturated rings. The van der Waals surface area contributed by atoms with E-state index in [9.17, 15) is 9.13 Å². The van der Waals surface area contributed by atoms with Crippen molar-refractivity contribution in [2.45, 2.75) is 25.4 Å². The van der Waals surface area contributed by atoms with E-state index in [-0.39, 0.29) is 46.3 Å².